The first-order valence-electron chi connectivity index (χ1n) is 9.68. The van der Waals surface area contributed by atoms with Crippen LogP contribution in [0.25, 0.3) is 0 Å². The van der Waals surface area contributed by atoms with Gasteiger partial charge in [-0.2, -0.15) is 0 Å². The highest BCUT2D eigenvalue weighted by Crippen LogP contribution is 2.17. The lowest BCUT2D eigenvalue weighted by Gasteiger charge is -2.34. The Hall–Kier alpha value is -0.820. The molecule has 26 heavy (non-hydrogen) atoms. The zero-order chi connectivity index (χ0) is 18.2. The van der Waals surface area contributed by atoms with Crippen molar-refractivity contribution in [1.82, 2.24) is 15.1 Å². The normalized spacial score (nSPS) is 18.5. The molecule has 0 aromatic heterocycles. The minimum absolute atomic E-state index is 0. The molecule has 1 aromatic carbocycles. The minimum Gasteiger partial charge on any atom is -0.356 e. The Balaban J connectivity index is 0.00000338. The van der Waals surface area contributed by atoms with Crippen molar-refractivity contribution in [2.24, 2.45) is 16.8 Å². The van der Waals surface area contributed by atoms with E-state index < -0.39 is 0 Å². The number of rotatable bonds is 6. The van der Waals surface area contributed by atoms with Gasteiger partial charge in [-0.25, -0.2) is 0 Å². The molecule has 1 aromatic rings. The molecule has 1 aliphatic rings. The van der Waals surface area contributed by atoms with E-state index in [1.807, 2.05) is 7.05 Å². The van der Waals surface area contributed by atoms with Crippen molar-refractivity contribution >= 4 is 29.9 Å². The minimum atomic E-state index is 0. The van der Waals surface area contributed by atoms with Crippen molar-refractivity contribution in [1.29, 1.82) is 0 Å². The highest BCUT2D eigenvalue weighted by Gasteiger charge is 2.21. The van der Waals surface area contributed by atoms with E-state index in [2.05, 4.69) is 72.2 Å². The molecule has 0 radical (unpaired) electrons. The van der Waals surface area contributed by atoms with Crippen LogP contribution in [0.2, 0.25) is 0 Å². The quantitative estimate of drug-likeness (QED) is 0.386. The summed E-state index contributed by atoms with van der Waals surface area (Å²) in [6, 6.07) is 8.57. The first-order valence-corrected chi connectivity index (χ1v) is 9.68. The second-order valence-corrected chi connectivity index (χ2v) is 7.87. The summed E-state index contributed by atoms with van der Waals surface area (Å²) >= 11 is 0. The molecule has 0 aliphatic carbocycles. The number of nitrogens with one attached hydrogen (secondary N) is 1. The fourth-order valence-corrected chi connectivity index (χ4v) is 3.74. The topological polar surface area (TPSA) is 30.9 Å². The average Bonchev–Trinajstić information content (AvgIpc) is 2.57. The standard InChI is InChI=1S/C21H36N4.HI/c1-17(2)14-25-12-8-10-19(15-25)13-23-21(22-4)24(5)16-20-11-7-6-9-18(20)3;/h6-7,9,11,17,19H,8,10,12-16H2,1-5H3,(H,22,23);1H. The summed E-state index contributed by atoms with van der Waals surface area (Å²) in [7, 11) is 4.00. The number of halogens is 1. The number of aryl methyl sites for hydroxylation is 1. The summed E-state index contributed by atoms with van der Waals surface area (Å²) in [5, 5.41) is 3.60. The van der Waals surface area contributed by atoms with Gasteiger partial charge < -0.3 is 15.1 Å². The second-order valence-electron chi connectivity index (χ2n) is 7.87. The molecule has 1 saturated heterocycles. The van der Waals surface area contributed by atoms with Gasteiger partial charge in [-0.3, -0.25) is 4.99 Å². The maximum atomic E-state index is 4.48. The molecule has 1 N–H and O–H groups in total. The van der Waals surface area contributed by atoms with E-state index in [4.69, 9.17) is 0 Å². The molecule has 1 aliphatic heterocycles. The van der Waals surface area contributed by atoms with Crippen molar-refractivity contribution < 1.29 is 0 Å². The molecule has 1 heterocycles. The van der Waals surface area contributed by atoms with E-state index in [0.29, 0.717) is 0 Å². The third-order valence-electron chi connectivity index (χ3n) is 5.02. The van der Waals surface area contributed by atoms with Gasteiger partial charge in [0.25, 0.3) is 0 Å². The Bertz CT molecular complexity index is 559. The lowest BCUT2D eigenvalue weighted by atomic mass is 9.97. The number of aliphatic imine (C=N–C) groups is 1. The van der Waals surface area contributed by atoms with Crippen LogP contribution in [0.15, 0.2) is 29.3 Å². The van der Waals surface area contributed by atoms with Crippen LogP contribution in [0.1, 0.15) is 37.8 Å². The number of nitrogens with zero attached hydrogens (tertiary/aromatic N) is 3. The summed E-state index contributed by atoms with van der Waals surface area (Å²) in [6.07, 6.45) is 2.64. The van der Waals surface area contributed by atoms with Gasteiger partial charge in [0.2, 0.25) is 0 Å². The van der Waals surface area contributed by atoms with Crippen molar-refractivity contribution in [3.63, 3.8) is 0 Å². The molecule has 1 atom stereocenters. The van der Waals surface area contributed by atoms with Gasteiger partial charge in [-0.1, -0.05) is 38.1 Å². The molecular formula is C21H37IN4. The Morgan fingerprint density at radius 1 is 1.35 bits per heavy atom. The smallest absolute Gasteiger partial charge is 0.193 e. The predicted molar refractivity (Wildman–Crippen MR) is 123 cm³/mol. The number of hydrogen-bond donors (Lipinski definition) is 1. The summed E-state index contributed by atoms with van der Waals surface area (Å²) in [4.78, 5) is 9.33. The third kappa shape index (κ3) is 7.43. The SMILES string of the molecule is CN=C(NCC1CCCN(CC(C)C)C1)N(C)Cc1ccccc1C.I. The predicted octanol–water partition coefficient (Wildman–Crippen LogP) is 3.99. The first kappa shape index (κ1) is 23.2. The lowest BCUT2D eigenvalue weighted by molar-refractivity contribution is 0.159. The molecule has 0 amide bonds. The highest BCUT2D eigenvalue weighted by atomic mass is 127. The molecule has 1 unspecified atom stereocenters. The number of piperidine rings is 1. The molecule has 148 valence electrons. The number of benzene rings is 1. The van der Waals surface area contributed by atoms with E-state index in [-0.39, 0.29) is 24.0 Å². The van der Waals surface area contributed by atoms with E-state index in [9.17, 15) is 0 Å². The summed E-state index contributed by atoms with van der Waals surface area (Å²) in [6.45, 7) is 12.4. The molecule has 1 fully saturated rings. The van der Waals surface area contributed by atoms with Gasteiger partial charge in [-0.15, -0.1) is 24.0 Å². The van der Waals surface area contributed by atoms with Gasteiger partial charge in [-0.05, 0) is 49.3 Å². The van der Waals surface area contributed by atoms with Gasteiger partial charge >= 0.3 is 0 Å². The van der Waals surface area contributed by atoms with E-state index in [1.165, 1.54) is 43.6 Å². The molecular weight excluding hydrogens is 435 g/mol. The first-order chi connectivity index (χ1) is 12.0. The van der Waals surface area contributed by atoms with Crippen LogP contribution in [0.4, 0.5) is 0 Å². The fraction of sp³-hybridized carbons (Fsp3) is 0.667. The lowest BCUT2D eigenvalue weighted by Crippen LogP contribution is -2.45. The highest BCUT2D eigenvalue weighted by molar-refractivity contribution is 14.0. The van der Waals surface area contributed by atoms with Crippen LogP contribution in [0.3, 0.4) is 0 Å². The van der Waals surface area contributed by atoms with Crippen molar-refractivity contribution in [3.8, 4) is 0 Å². The Kier molecular flexibility index (Phi) is 10.5. The molecule has 0 saturated carbocycles. The number of guanidine groups is 1. The van der Waals surface area contributed by atoms with Crippen LogP contribution >= 0.6 is 24.0 Å². The van der Waals surface area contributed by atoms with Gasteiger partial charge in [0.05, 0.1) is 0 Å². The zero-order valence-corrected chi connectivity index (χ0v) is 19.5. The Morgan fingerprint density at radius 2 is 2.08 bits per heavy atom. The van der Waals surface area contributed by atoms with E-state index in [1.54, 1.807) is 0 Å². The zero-order valence-electron chi connectivity index (χ0n) is 17.2. The van der Waals surface area contributed by atoms with Crippen LogP contribution in [-0.4, -0.2) is 56.0 Å². The van der Waals surface area contributed by atoms with E-state index >= 15 is 0 Å². The maximum Gasteiger partial charge on any atom is 0.193 e. The van der Waals surface area contributed by atoms with Gasteiger partial charge in [0, 0.05) is 40.3 Å². The van der Waals surface area contributed by atoms with Crippen LogP contribution in [-0.2, 0) is 6.54 Å². The summed E-state index contributed by atoms with van der Waals surface area (Å²) in [5.41, 5.74) is 2.69. The third-order valence-corrected chi connectivity index (χ3v) is 5.02. The second kappa shape index (κ2) is 11.8. The van der Waals surface area contributed by atoms with E-state index in [0.717, 1.165) is 30.9 Å². The molecule has 0 bridgehead atoms. The number of likely N-dealkylation sites (tertiary alicyclic amines) is 1. The van der Waals surface area contributed by atoms with Crippen molar-refractivity contribution in [3.05, 3.63) is 35.4 Å². The molecule has 4 nitrogen and oxygen atoms in total. The van der Waals surface area contributed by atoms with Gasteiger partial charge in [0.15, 0.2) is 5.96 Å². The monoisotopic (exact) mass is 472 g/mol. The van der Waals surface area contributed by atoms with Gasteiger partial charge in [0.1, 0.15) is 0 Å². The summed E-state index contributed by atoms with van der Waals surface area (Å²) < 4.78 is 0. The van der Waals surface area contributed by atoms with Crippen LogP contribution < -0.4 is 5.32 Å². The van der Waals surface area contributed by atoms with Crippen LogP contribution in [0.5, 0.6) is 0 Å². The molecule has 5 heteroatoms. The van der Waals surface area contributed by atoms with Crippen LogP contribution in [0, 0.1) is 18.8 Å². The average molecular weight is 472 g/mol. The van der Waals surface area contributed by atoms with Crippen molar-refractivity contribution in [2.45, 2.75) is 40.2 Å². The summed E-state index contributed by atoms with van der Waals surface area (Å²) in [5.74, 6) is 2.46. The van der Waals surface area contributed by atoms with Crippen molar-refractivity contribution in [2.75, 3.05) is 40.3 Å². The molecule has 2 rings (SSSR count). The largest absolute Gasteiger partial charge is 0.356 e. The Labute approximate surface area is 177 Å². The number of hydrogen-bond acceptors (Lipinski definition) is 2. The Morgan fingerprint density at radius 3 is 2.73 bits per heavy atom. The maximum absolute atomic E-state index is 4.48. The fourth-order valence-electron chi connectivity index (χ4n) is 3.74. The molecule has 0 spiro atoms.